The number of aryl methyl sites for hydroxylation is 1. The molecule has 1 N–H and O–H groups in total. The van der Waals surface area contributed by atoms with Crippen LogP contribution in [-0.4, -0.2) is 25.6 Å². The summed E-state index contributed by atoms with van der Waals surface area (Å²) in [6, 6.07) is 11.5. The third-order valence-electron chi connectivity index (χ3n) is 3.15. The van der Waals surface area contributed by atoms with E-state index in [0.717, 1.165) is 5.56 Å². The Kier molecular flexibility index (Phi) is 3.27. The van der Waals surface area contributed by atoms with Gasteiger partial charge < -0.3 is 14.4 Å². The first-order valence-corrected chi connectivity index (χ1v) is 6.37. The van der Waals surface area contributed by atoms with Gasteiger partial charge in [0.25, 0.3) is 0 Å². The molecule has 6 nitrogen and oxygen atoms in total. The highest BCUT2D eigenvalue weighted by atomic mass is 16.5. The predicted octanol–water partition coefficient (Wildman–Crippen LogP) is 2.25. The van der Waals surface area contributed by atoms with Gasteiger partial charge in [0.1, 0.15) is 12.4 Å². The first kappa shape index (κ1) is 13.1. The average Bonchev–Trinajstić information content (AvgIpc) is 2.83. The second-order valence-electron chi connectivity index (χ2n) is 4.59. The maximum Gasteiger partial charge on any atom is 0.372 e. The molecule has 0 saturated heterocycles. The molecule has 1 aromatic carbocycles. The molecule has 106 valence electrons. The minimum absolute atomic E-state index is 0.0438. The summed E-state index contributed by atoms with van der Waals surface area (Å²) >= 11 is 0. The Labute approximate surface area is 120 Å². The summed E-state index contributed by atoms with van der Waals surface area (Å²) in [4.78, 5) is 19.1. The highest BCUT2D eigenvalue weighted by Gasteiger charge is 2.15. The van der Waals surface area contributed by atoms with E-state index in [1.54, 1.807) is 19.3 Å². The molecule has 0 aliphatic carbocycles. The Morgan fingerprint density at radius 3 is 2.81 bits per heavy atom. The van der Waals surface area contributed by atoms with E-state index in [1.165, 1.54) is 4.57 Å². The van der Waals surface area contributed by atoms with E-state index in [0.29, 0.717) is 23.5 Å². The highest BCUT2D eigenvalue weighted by molar-refractivity contribution is 5.88. The van der Waals surface area contributed by atoms with E-state index in [-0.39, 0.29) is 5.82 Å². The van der Waals surface area contributed by atoms with Crippen LogP contribution >= 0.6 is 0 Å². The Bertz CT molecular complexity index is 797. The molecule has 0 amide bonds. The number of carboxylic acid groups (broad SMARTS) is 1. The van der Waals surface area contributed by atoms with Gasteiger partial charge in [-0.05, 0) is 5.56 Å². The third-order valence-corrected chi connectivity index (χ3v) is 3.15. The lowest BCUT2D eigenvalue weighted by atomic mass is 10.2. The number of nitrogens with zero attached hydrogens (tertiary/aromatic N) is 3. The SMILES string of the molecule is Cn1c(C(=O)O)nc2ncc(OCc3ccccc3)cc21. The van der Waals surface area contributed by atoms with Gasteiger partial charge in [-0.15, -0.1) is 0 Å². The van der Waals surface area contributed by atoms with Crippen LogP contribution in [0.4, 0.5) is 0 Å². The number of rotatable bonds is 4. The Morgan fingerprint density at radius 1 is 1.33 bits per heavy atom. The standard InChI is InChI=1S/C15H13N3O3/c1-18-12-7-11(21-9-10-5-3-2-4-6-10)8-16-13(12)17-14(18)15(19)20/h2-8H,9H2,1H3,(H,19,20). The summed E-state index contributed by atoms with van der Waals surface area (Å²) in [6.45, 7) is 0.428. The van der Waals surface area contributed by atoms with Crippen molar-refractivity contribution in [2.45, 2.75) is 6.61 Å². The number of fused-ring (bicyclic) bond motifs is 1. The molecule has 0 bridgehead atoms. The number of ether oxygens (including phenoxy) is 1. The molecular weight excluding hydrogens is 270 g/mol. The van der Waals surface area contributed by atoms with Crippen LogP contribution in [-0.2, 0) is 13.7 Å². The largest absolute Gasteiger partial charge is 0.487 e. The summed E-state index contributed by atoms with van der Waals surface area (Å²) < 4.78 is 7.16. The van der Waals surface area contributed by atoms with Crippen molar-refractivity contribution < 1.29 is 14.6 Å². The molecule has 0 radical (unpaired) electrons. The third kappa shape index (κ3) is 2.55. The smallest absolute Gasteiger partial charge is 0.372 e. The Balaban J connectivity index is 1.87. The molecule has 2 aromatic heterocycles. The van der Waals surface area contributed by atoms with Gasteiger partial charge in [0.15, 0.2) is 5.65 Å². The number of imidazole rings is 1. The fourth-order valence-electron chi connectivity index (χ4n) is 2.06. The van der Waals surface area contributed by atoms with E-state index in [1.807, 2.05) is 30.3 Å². The van der Waals surface area contributed by atoms with Gasteiger partial charge in [-0.3, -0.25) is 0 Å². The van der Waals surface area contributed by atoms with Crippen LogP contribution in [0.25, 0.3) is 11.2 Å². The number of pyridine rings is 1. The summed E-state index contributed by atoms with van der Waals surface area (Å²) in [5, 5.41) is 9.05. The van der Waals surface area contributed by atoms with E-state index in [2.05, 4.69) is 9.97 Å². The van der Waals surface area contributed by atoms with Gasteiger partial charge in [-0.1, -0.05) is 30.3 Å². The lowest BCUT2D eigenvalue weighted by Gasteiger charge is -2.06. The number of aromatic nitrogens is 3. The molecule has 3 aromatic rings. The van der Waals surface area contributed by atoms with Crippen molar-refractivity contribution in [2.24, 2.45) is 7.05 Å². The average molecular weight is 283 g/mol. The summed E-state index contributed by atoms with van der Waals surface area (Å²) in [6.07, 6.45) is 1.55. The quantitative estimate of drug-likeness (QED) is 0.794. The molecule has 0 aliphatic rings. The van der Waals surface area contributed by atoms with Crippen LogP contribution in [0.1, 0.15) is 16.2 Å². The van der Waals surface area contributed by atoms with Crippen LogP contribution in [0.15, 0.2) is 42.6 Å². The normalized spacial score (nSPS) is 10.7. The molecule has 0 saturated carbocycles. The van der Waals surface area contributed by atoms with E-state index >= 15 is 0 Å². The van der Waals surface area contributed by atoms with Gasteiger partial charge in [0, 0.05) is 13.1 Å². The van der Waals surface area contributed by atoms with Crippen molar-refractivity contribution in [3.63, 3.8) is 0 Å². The van der Waals surface area contributed by atoms with Crippen LogP contribution in [0, 0.1) is 0 Å². The maximum atomic E-state index is 11.0. The van der Waals surface area contributed by atoms with Crippen molar-refractivity contribution in [1.82, 2.24) is 14.5 Å². The molecule has 2 heterocycles. The summed E-state index contributed by atoms with van der Waals surface area (Å²) in [5.74, 6) is -0.550. The van der Waals surface area contributed by atoms with Crippen LogP contribution < -0.4 is 4.74 Å². The van der Waals surface area contributed by atoms with Crippen LogP contribution in [0.3, 0.4) is 0 Å². The summed E-state index contributed by atoms with van der Waals surface area (Å²) in [7, 11) is 1.64. The number of carboxylic acids is 1. The van der Waals surface area contributed by atoms with Gasteiger partial charge in [0.2, 0.25) is 5.82 Å². The van der Waals surface area contributed by atoms with Crippen molar-refractivity contribution in [2.75, 3.05) is 0 Å². The van der Waals surface area contributed by atoms with Gasteiger partial charge in [-0.2, -0.15) is 0 Å². The molecule has 6 heteroatoms. The minimum Gasteiger partial charge on any atom is -0.487 e. The number of aromatic carboxylic acids is 1. The molecule has 0 aliphatic heterocycles. The zero-order valence-corrected chi connectivity index (χ0v) is 11.4. The zero-order chi connectivity index (χ0) is 14.8. The Hall–Kier alpha value is -2.89. The van der Waals surface area contributed by atoms with E-state index < -0.39 is 5.97 Å². The van der Waals surface area contributed by atoms with E-state index in [9.17, 15) is 4.79 Å². The number of hydrogen-bond acceptors (Lipinski definition) is 4. The molecule has 0 unspecified atom stereocenters. The predicted molar refractivity (Wildman–Crippen MR) is 76.2 cm³/mol. The van der Waals surface area contributed by atoms with Crippen molar-refractivity contribution in [3.8, 4) is 5.75 Å². The second-order valence-corrected chi connectivity index (χ2v) is 4.59. The molecule has 0 atom stereocenters. The van der Waals surface area contributed by atoms with Crippen molar-refractivity contribution >= 4 is 17.1 Å². The van der Waals surface area contributed by atoms with Crippen LogP contribution in [0.5, 0.6) is 5.75 Å². The first-order chi connectivity index (χ1) is 10.1. The maximum absolute atomic E-state index is 11.0. The number of carbonyl (C=O) groups is 1. The molecular formula is C15H13N3O3. The molecule has 3 rings (SSSR count). The monoisotopic (exact) mass is 283 g/mol. The van der Waals surface area contributed by atoms with Crippen molar-refractivity contribution in [3.05, 3.63) is 54.0 Å². The van der Waals surface area contributed by atoms with Gasteiger partial charge >= 0.3 is 5.97 Å². The first-order valence-electron chi connectivity index (χ1n) is 6.37. The zero-order valence-electron chi connectivity index (χ0n) is 11.4. The highest BCUT2D eigenvalue weighted by Crippen LogP contribution is 2.19. The molecule has 0 spiro atoms. The van der Waals surface area contributed by atoms with Crippen molar-refractivity contribution in [1.29, 1.82) is 0 Å². The lowest BCUT2D eigenvalue weighted by Crippen LogP contribution is -2.05. The Morgan fingerprint density at radius 2 is 2.10 bits per heavy atom. The number of benzene rings is 1. The van der Waals surface area contributed by atoms with E-state index in [4.69, 9.17) is 9.84 Å². The second kappa shape index (κ2) is 5.24. The van der Waals surface area contributed by atoms with Gasteiger partial charge in [-0.25, -0.2) is 14.8 Å². The fraction of sp³-hybridized carbons (Fsp3) is 0.133. The topological polar surface area (TPSA) is 77.2 Å². The van der Waals surface area contributed by atoms with Crippen LogP contribution in [0.2, 0.25) is 0 Å². The number of hydrogen-bond donors (Lipinski definition) is 1. The molecule has 0 fully saturated rings. The minimum atomic E-state index is -1.08. The summed E-state index contributed by atoms with van der Waals surface area (Å²) in [5.41, 5.74) is 2.06. The fourth-order valence-corrected chi connectivity index (χ4v) is 2.06. The molecule has 21 heavy (non-hydrogen) atoms. The van der Waals surface area contributed by atoms with Gasteiger partial charge in [0.05, 0.1) is 11.7 Å². The lowest BCUT2D eigenvalue weighted by molar-refractivity contribution is 0.0680.